The van der Waals surface area contributed by atoms with Gasteiger partial charge in [0.05, 0.1) is 12.6 Å². The van der Waals surface area contributed by atoms with Gasteiger partial charge in [-0.3, -0.25) is 0 Å². The third-order valence-corrected chi connectivity index (χ3v) is 3.72. The van der Waals surface area contributed by atoms with Crippen molar-refractivity contribution in [2.45, 2.75) is 38.3 Å². The second-order valence-electron chi connectivity index (χ2n) is 4.94. The number of quaternary nitrogens is 1. The van der Waals surface area contributed by atoms with Gasteiger partial charge >= 0.3 is 0 Å². The number of aliphatic hydroxyl groups is 1. The van der Waals surface area contributed by atoms with Gasteiger partial charge in [0.2, 0.25) is 0 Å². The minimum absolute atomic E-state index is 0.309. The maximum absolute atomic E-state index is 10.2. The summed E-state index contributed by atoms with van der Waals surface area (Å²) in [5.74, 6) is 0. The molecule has 1 aromatic carbocycles. The van der Waals surface area contributed by atoms with Gasteiger partial charge in [0, 0.05) is 0 Å². The Morgan fingerprint density at radius 2 is 2.06 bits per heavy atom. The van der Waals surface area contributed by atoms with E-state index in [1.165, 1.54) is 25.8 Å². The van der Waals surface area contributed by atoms with Crippen LogP contribution in [0.3, 0.4) is 0 Å². The van der Waals surface area contributed by atoms with Crippen LogP contribution in [0.2, 0.25) is 0 Å². The number of rotatable bonds is 3. The summed E-state index contributed by atoms with van der Waals surface area (Å²) in [6.45, 7) is 4.36. The maximum Gasteiger partial charge on any atom is 0.128 e. The maximum atomic E-state index is 10.2. The van der Waals surface area contributed by atoms with Gasteiger partial charge in [-0.05, 0) is 31.7 Å². The fraction of sp³-hybridized carbons (Fsp3) is 0.571. The van der Waals surface area contributed by atoms with Crippen LogP contribution in [0.4, 0.5) is 0 Å². The Hall–Kier alpha value is -0.860. The summed E-state index contributed by atoms with van der Waals surface area (Å²) in [6.07, 6.45) is 3.65. The van der Waals surface area contributed by atoms with Crippen LogP contribution < -0.4 is 4.90 Å². The summed E-state index contributed by atoms with van der Waals surface area (Å²) in [7, 11) is 0. The molecule has 1 aromatic rings. The first kappa shape index (κ1) is 11.6. The lowest BCUT2D eigenvalue weighted by atomic mass is 10.0. The van der Waals surface area contributed by atoms with Crippen molar-refractivity contribution in [3.05, 3.63) is 35.9 Å². The molecule has 0 amide bonds. The van der Waals surface area contributed by atoms with Crippen molar-refractivity contribution in [1.29, 1.82) is 0 Å². The third kappa shape index (κ3) is 2.83. The van der Waals surface area contributed by atoms with Crippen molar-refractivity contribution < 1.29 is 10.0 Å². The van der Waals surface area contributed by atoms with E-state index in [1.54, 1.807) is 4.90 Å². The first-order valence-corrected chi connectivity index (χ1v) is 6.35. The molecule has 3 atom stereocenters. The Labute approximate surface area is 97.9 Å². The Kier molecular flexibility index (Phi) is 3.97. The number of hydrogen-bond donors (Lipinski definition) is 2. The second-order valence-corrected chi connectivity index (χ2v) is 4.94. The van der Waals surface area contributed by atoms with E-state index in [9.17, 15) is 5.11 Å². The van der Waals surface area contributed by atoms with Crippen molar-refractivity contribution in [2.75, 3.05) is 13.1 Å². The van der Waals surface area contributed by atoms with Crippen molar-refractivity contribution in [1.82, 2.24) is 0 Å². The monoisotopic (exact) mass is 220 g/mol. The average Bonchev–Trinajstić information content (AvgIpc) is 2.33. The lowest BCUT2D eigenvalue weighted by molar-refractivity contribution is -0.932. The van der Waals surface area contributed by atoms with Crippen LogP contribution in [0.1, 0.15) is 37.9 Å². The van der Waals surface area contributed by atoms with E-state index in [0.717, 1.165) is 12.1 Å². The number of aliphatic hydroxyl groups excluding tert-OH is 1. The molecule has 0 radical (unpaired) electrons. The first-order chi connectivity index (χ1) is 7.77. The van der Waals surface area contributed by atoms with Gasteiger partial charge in [0.25, 0.3) is 0 Å². The molecular weight excluding hydrogens is 198 g/mol. The summed E-state index contributed by atoms with van der Waals surface area (Å²) >= 11 is 0. The molecule has 1 aliphatic heterocycles. The van der Waals surface area contributed by atoms with Gasteiger partial charge in [-0.2, -0.15) is 0 Å². The summed E-state index contributed by atoms with van der Waals surface area (Å²) < 4.78 is 0. The lowest BCUT2D eigenvalue weighted by Crippen LogP contribution is -3.16. The largest absolute Gasteiger partial charge is 0.382 e. The quantitative estimate of drug-likeness (QED) is 0.785. The van der Waals surface area contributed by atoms with E-state index in [-0.39, 0.29) is 6.10 Å². The number of piperidine rings is 1. The Morgan fingerprint density at radius 1 is 1.31 bits per heavy atom. The van der Waals surface area contributed by atoms with Gasteiger partial charge in [-0.25, -0.2) is 0 Å². The topological polar surface area (TPSA) is 24.7 Å². The highest BCUT2D eigenvalue weighted by molar-refractivity contribution is 5.17. The van der Waals surface area contributed by atoms with Crippen molar-refractivity contribution in [3.8, 4) is 0 Å². The molecular formula is C14H22NO+. The second kappa shape index (κ2) is 5.46. The van der Waals surface area contributed by atoms with E-state index in [2.05, 4.69) is 6.92 Å². The van der Waals surface area contributed by atoms with Gasteiger partial charge in [0.1, 0.15) is 12.6 Å². The molecule has 1 fully saturated rings. The van der Waals surface area contributed by atoms with Gasteiger partial charge in [0.15, 0.2) is 0 Å². The molecule has 0 spiro atoms. The lowest BCUT2D eigenvalue weighted by Gasteiger charge is -2.31. The van der Waals surface area contributed by atoms with E-state index in [0.29, 0.717) is 6.04 Å². The molecule has 0 saturated carbocycles. The minimum atomic E-state index is -0.309. The predicted molar refractivity (Wildman–Crippen MR) is 65.4 cm³/mol. The molecule has 2 nitrogen and oxygen atoms in total. The molecule has 0 bridgehead atoms. The van der Waals surface area contributed by atoms with Crippen LogP contribution in [0.15, 0.2) is 30.3 Å². The van der Waals surface area contributed by atoms with E-state index in [4.69, 9.17) is 0 Å². The molecule has 1 heterocycles. The summed E-state index contributed by atoms with van der Waals surface area (Å²) in [5.41, 5.74) is 1.05. The highest BCUT2D eigenvalue weighted by atomic mass is 16.3. The number of benzene rings is 1. The predicted octanol–water partition coefficient (Wildman–Crippen LogP) is 1.18. The molecule has 0 aliphatic carbocycles. The van der Waals surface area contributed by atoms with Crippen LogP contribution in [-0.2, 0) is 0 Å². The van der Waals surface area contributed by atoms with Gasteiger partial charge in [-0.1, -0.05) is 30.3 Å². The molecule has 1 unspecified atom stereocenters. The average molecular weight is 220 g/mol. The normalized spacial score (nSPS) is 27.6. The Balaban J connectivity index is 1.94. The molecule has 16 heavy (non-hydrogen) atoms. The fourth-order valence-corrected chi connectivity index (χ4v) is 2.60. The summed E-state index contributed by atoms with van der Waals surface area (Å²) in [6, 6.07) is 10.7. The molecule has 2 rings (SSSR count). The zero-order chi connectivity index (χ0) is 11.4. The molecule has 1 saturated heterocycles. The zero-order valence-electron chi connectivity index (χ0n) is 10.0. The smallest absolute Gasteiger partial charge is 0.128 e. The van der Waals surface area contributed by atoms with Crippen molar-refractivity contribution >= 4 is 0 Å². The van der Waals surface area contributed by atoms with Gasteiger partial charge in [-0.15, -0.1) is 0 Å². The number of nitrogens with one attached hydrogen (secondary N) is 1. The molecule has 1 aliphatic rings. The molecule has 2 N–H and O–H groups in total. The Bertz CT molecular complexity index is 312. The van der Waals surface area contributed by atoms with E-state index < -0.39 is 0 Å². The fourth-order valence-electron chi connectivity index (χ4n) is 2.60. The summed E-state index contributed by atoms with van der Waals surface area (Å²) in [4.78, 5) is 1.56. The third-order valence-electron chi connectivity index (χ3n) is 3.72. The standard InChI is InChI=1S/C14H21NO/c1-12-7-5-6-10-15(12)11-14(16)13-8-3-2-4-9-13/h2-4,8-9,12,14,16H,5-7,10-11H2,1H3/p+1/t12-,14+/m1/s1. The van der Waals surface area contributed by atoms with Crippen LogP contribution in [0.25, 0.3) is 0 Å². The highest BCUT2D eigenvalue weighted by Crippen LogP contribution is 2.11. The van der Waals surface area contributed by atoms with Crippen molar-refractivity contribution in [3.63, 3.8) is 0 Å². The first-order valence-electron chi connectivity index (χ1n) is 6.35. The highest BCUT2D eigenvalue weighted by Gasteiger charge is 2.24. The minimum Gasteiger partial charge on any atom is -0.382 e. The van der Waals surface area contributed by atoms with Crippen LogP contribution in [0.5, 0.6) is 0 Å². The summed E-state index contributed by atoms with van der Waals surface area (Å²) in [5, 5.41) is 10.2. The zero-order valence-corrected chi connectivity index (χ0v) is 10.0. The number of hydrogen-bond acceptors (Lipinski definition) is 1. The number of likely N-dealkylation sites (tertiary alicyclic amines) is 1. The SMILES string of the molecule is C[C@@H]1CCCC[NH+]1C[C@H](O)c1ccccc1. The molecule has 0 aromatic heterocycles. The van der Waals surface area contributed by atoms with E-state index in [1.807, 2.05) is 30.3 Å². The van der Waals surface area contributed by atoms with Crippen LogP contribution in [0, 0.1) is 0 Å². The van der Waals surface area contributed by atoms with Gasteiger partial charge < -0.3 is 10.0 Å². The molecule has 2 heteroatoms. The van der Waals surface area contributed by atoms with Crippen molar-refractivity contribution in [2.24, 2.45) is 0 Å². The Morgan fingerprint density at radius 3 is 2.75 bits per heavy atom. The molecule has 88 valence electrons. The van der Waals surface area contributed by atoms with Crippen LogP contribution in [-0.4, -0.2) is 24.2 Å². The van der Waals surface area contributed by atoms with E-state index >= 15 is 0 Å². The van der Waals surface area contributed by atoms with Crippen LogP contribution >= 0.6 is 0 Å².